The number of nitrogens with one attached hydrogen (secondary N) is 2. The molecule has 8 nitrogen and oxygen atoms in total. The van der Waals surface area contributed by atoms with E-state index < -0.39 is 10.0 Å². The Morgan fingerprint density at radius 1 is 1.47 bits per heavy atom. The summed E-state index contributed by atoms with van der Waals surface area (Å²) in [5, 5.41) is 9.96. The van der Waals surface area contributed by atoms with E-state index in [1.54, 1.807) is 13.8 Å². The molecule has 0 spiro atoms. The highest BCUT2D eigenvalue weighted by Crippen LogP contribution is 2.16. The van der Waals surface area contributed by atoms with Crippen molar-refractivity contribution in [1.29, 1.82) is 0 Å². The molecule has 0 radical (unpaired) electrons. The molecule has 2 aromatic rings. The maximum absolute atomic E-state index is 12.0. The van der Waals surface area contributed by atoms with Crippen molar-refractivity contribution in [3.8, 4) is 0 Å². The Labute approximate surface area is 97.5 Å². The largest absolute Gasteiger partial charge is 0.343 e. The van der Waals surface area contributed by atoms with Gasteiger partial charge in [0, 0.05) is 0 Å². The fourth-order valence-electron chi connectivity index (χ4n) is 1.44. The fraction of sp³-hybridized carbons (Fsp3) is 0.375. The number of sulfonamides is 1. The molecular formula is C8H11N5O3S. The number of aromatic nitrogens is 4. The summed E-state index contributed by atoms with van der Waals surface area (Å²) in [6, 6.07) is 0. The molecule has 0 aliphatic carbocycles. The van der Waals surface area contributed by atoms with Gasteiger partial charge in [-0.15, -0.1) is 0 Å². The molecule has 92 valence electrons. The van der Waals surface area contributed by atoms with Crippen molar-refractivity contribution < 1.29 is 12.9 Å². The van der Waals surface area contributed by atoms with Gasteiger partial charge in [0.1, 0.15) is 4.90 Å². The summed E-state index contributed by atoms with van der Waals surface area (Å²) in [5.41, 5.74) is 0.909. The van der Waals surface area contributed by atoms with Gasteiger partial charge in [-0.3, -0.25) is 5.10 Å². The molecule has 2 heterocycles. The second-order valence-electron chi connectivity index (χ2n) is 3.44. The average Bonchev–Trinajstić information content (AvgIpc) is 2.86. The van der Waals surface area contributed by atoms with E-state index in [0.717, 1.165) is 6.39 Å². The highest BCUT2D eigenvalue weighted by atomic mass is 32.2. The van der Waals surface area contributed by atoms with Gasteiger partial charge in [0.2, 0.25) is 16.4 Å². The molecule has 0 saturated carbocycles. The van der Waals surface area contributed by atoms with Crippen molar-refractivity contribution >= 4 is 10.0 Å². The normalized spacial score (nSPS) is 11.9. The summed E-state index contributed by atoms with van der Waals surface area (Å²) in [6.07, 6.45) is 1.14. The Morgan fingerprint density at radius 2 is 2.24 bits per heavy atom. The summed E-state index contributed by atoms with van der Waals surface area (Å²) >= 11 is 0. The van der Waals surface area contributed by atoms with E-state index in [-0.39, 0.29) is 17.3 Å². The lowest BCUT2D eigenvalue weighted by Gasteiger charge is -2.04. The van der Waals surface area contributed by atoms with Crippen LogP contribution in [0.3, 0.4) is 0 Å². The number of hydrogen-bond donors (Lipinski definition) is 2. The number of rotatable bonds is 4. The lowest BCUT2D eigenvalue weighted by atomic mass is 10.4. The summed E-state index contributed by atoms with van der Waals surface area (Å²) in [5.74, 6) is 0.271. The van der Waals surface area contributed by atoms with E-state index in [1.165, 1.54) is 0 Å². The number of nitrogens with zero attached hydrogens (tertiary/aromatic N) is 3. The van der Waals surface area contributed by atoms with Gasteiger partial charge in [0.05, 0.1) is 17.9 Å². The van der Waals surface area contributed by atoms with Crippen LogP contribution in [-0.2, 0) is 16.6 Å². The highest BCUT2D eigenvalue weighted by Gasteiger charge is 2.22. The van der Waals surface area contributed by atoms with E-state index in [4.69, 9.17) is 0 Å². The van der Waals surface area contributed by atoms with Gasteiger partial charge in [-0.2, -0.15) is 10.1 Å². The van der Waals surface area contributed by atoms with Crippen LogP contribution in [-0.4, -0.2) is 28.8 Å². The van der Waals surface area contributed by atoms with Crippen LogP contribution in [0, 0.1) is 13.8 Å². The predicted molar refractivity (Wildman–Crippen MR) is 56.4 cm³/mol. The van der Waals surface area contributed by atoms with E-state index in [9.17, 15) is 8.42 Å². The van der Waals surface area contributed by atoms with Crippen LogP contribution in [0.5, 0.6) is 0 Å². The molecule has 0 aliphatic heterocycles. The standard InChI is InChI=1S/C8H11N5O3S/c1-5-8(6(2)12-11-5)17(14,15)10-3-7-9-4-16-13-7/h4,10H,3H2,1-2H3,(H,11,12). The number of H-pyrrole nitrogens is 1. The molecule has 9 heteroatoms. The first-order valence-electron chi connectivity index (χ1n) is 4.77. The van der Waals surface area contributed by atoms with E-state index in [2.05, 4.69) is 29.6 Å². The topological polar surface area (TPSA) is 114 Å². The van der Waals surface area contributed by atoms with Crippen molar-refractivity contribution in [2.75, 3.05) is 0 Å². The van der Waals surface area contributed by atoms with Gasteiger partial charge < -0.3 is 4.52 Å². The van der Waals surface area contributed by atoms with Crippen molar-refractivity contribution in [2.24, 2.45) is 0 Å². The zero-order valence-electron chi connectivity index (χ0n) is 9.26. The monoisotopic (exact) mass is 257 g/mol. The second-order valence-corrected chi connectivity index (χ2v) is 5.14. The van der Waals surface area contributed by atoms with Crippen LogP contribution in [0.1, 0.15) is 17.2 Å². The zero-order valence-corrected chi connectivity index (χ0v) is 10.1. The van der Waals surface area contributed by atoms with Crippen LogP contribution in [0.25, 0.3) is 0 Å². The van der Waals surface area contributed by atoms with Crippen molar-refractivity contribution in [3.63, 3.8) is 0 Å². The Morgan fingerprint density at radius 3 is 2.76 bits per heavy atom. The van der Waals surface area contributed by atoms with Crippen LogP contribution in [0.4, 0.5) is 0 Å². The summed E-state index contributed by atoms with van der Waals surface area (Å²) in [6.45, 7) is 3.23. The quantitative estimate of drug-likeness (QED) is 0.789. The zero-order chi connectivity index (χ0) is 12.5. The minimum absolute atomic E-state index is 0.0249. The Hall–Kier alpha value is -1.74. The Balaban J connectivity index is 2.20. The van der Waals surface area contributed by atoms with Crippen LogP contribution >= 0.6 is 0 Å². The highest BCUT2D eigenvalue weighted by molar-refractivity contribution is 7.89. The first-order valence-corrected chi connectivity index (χ1v) is 6.25. The lowest BCUT2D eigenvalue weighted by Crippen LogP contribution is -2.24. The maximum Gasteiger partial charge on any atom is 0.244 e. The molecule has 17 heavy (non-hydrogen) atoms. The lowest BCUT2D eigenvalue weighted by molar-refractivity contribution is 0.409. The van der Waals surface area contributed by atoms with Crippen LogP contribution < -0.4 is 4.72 Å². The molecule has 0 aromatic carbocycles. The molecule has 0 fully saturated rings. The smallest absolute Gasteiger partial charge is 0.244 e. The number of aromatic amines is 1. The molecule has 0 saturated heterocycles. The van der Waals surface area contributed by atoms with Crippen LogP contribution in [0.2, 0.25) is 0 Å². The molecule has 0 aliphatic rings. The van der Waals surface area contributed by atoms with Crippen molar-refractivity contribution in [2.45, 2.75) is 25.3 Å². The predicted octanol–water partition coefficient (Wildman–Crippen LogP) is -0.112. The molecule has 2 N–H and O–H groups in total. The van der Waals surface area contributed by atoms with E-state index in [1.807, 2.05) is 0 Å². The maximum atomic E-state index is 12.0. The van der Waals surface area contributed by atoms with Crippen LogP contribution in [0.15, 0.2) is 15.8 Å². The number of hydrogen-bond acceptors (Lipinski definition) is 6. The Bertz CT molecular complexity index is 582. The van der Waals surface area contributed by atoms with Crippen molar-refractivity contribution in [1.82, 2.24) is 25.1 Å². The third-order valence-corrected chi connectivity index (χ3v) is 3.82. The molecule has 0 amide bonds. The van der Waals surface area contributed by atoms with E-state index in [0.29, 0.717) is 11.4 Å². The van der Waals surface area contributed by atoms with Gasteiger partial charge in [-0.25, -0.2) is 13.1 Å². The number of aryl methyl sites for hydroxylation is 2. The minimum Gasteiger partial charge on any atom is -0.343 e. The third-order valence-electron chi connectivity index (χ3n) is 2.16. The molecule has 0 bridgehead atoms. The van der Waals surface area contributed by atoms with Gasteiger partial charge in [-0.05, 0) is 13.8 Å². The molecule has 0 unspecified atom stereocenters. The van der Waals surface area contributed by atoms with Gasteiger partial charge in [0.25, 0.3) is 0 Å². The molecule has 2 rings (SSSR count). The second kappa shape index (κ2) is 4.26. The molecule has 0 atom stereocenters. The van der Waals surface area contributed by atoms with Crippen molar-refractivity contribution in [3.05, 3.63) is 23.6 Å². The summed E-state index contributed by atoms with van der Waals surface area (Å²) < 4.78 is 30.8. The Kier molecular flexibility index (Phi) is 2.94. The minimum atomic E-state index is -3.62. The SMILES string of the molecule is Cc1n[nH]c(C)c1S(=O)(=O)NCc1ncon1. The third kappa shape index (κ3) is 2.34. The van der Waals surface area contributed by atoms with E-state index >= 15 is 0 Å². The van der Waals surface area contributed by atoms with Gasteiger partial charge in [0.15, 0.2) is 5.82 Å². The van der Waals surface area contributed by atoms with Gasteiger partial charge in [-0.1, -0.05) is 5.16 Å². The van der Waals surface area contributed by atoms with Gasteiger partial charge >= 0.3 is 0 Å². The molecular weight excluding hydrogens is 246 g/mol. The fourth-order valence-corrected chi connectivity index (χ4v) is 2.79. The average molecular weight is 257 g/mol. The summed E-state index contributed by atoms with van der Waals surface area (Å²) in [7, 11) is -3.62. The molecule has 2 aromatic heterocycles. The first kappa shape index (κ1) is 11.7. The summed E-state index contributed by atoms with van der Waals surface area (Å²) in [4.78, 5) is 3.87. The first-order chi connectivity index (χ1) is 8.00.